The lowest BCUT2D eigenvalue weighted by Gasteiger charge is -2.19. The fourth-order valence-electron chi connectivity index (χ4n) is 1.81. The predicted octanol–water partition coefficient (Wildman–Crippen LogP) is 1.93. The van der Waals surface area contributed by atoms with Crippen LogP contribution in [0.3, 0.4) is 0 Å². The summed E-state index contributed by atoms with van der Waals surface area (Å²) < 4.78 is 5.13. The van der Waals surface area contributed by atoms with Gasteiger partial charge in [-0.3, -0.25) is 4.79 Å². The van der Waals surface area contributed by atoms with Crippen LogP contribution in [0, 0.1) is 0 Å². The third-order valence-electron chi connectivity index (χ3n) is 2.97. The number of ether oxygens (including phenoxy) is 1. The maximum Gasteiger partial charge on any atom is 0.321 e. The van der Waals surface area contributed by atoms with E-state index in [-0.39, 0.29) is 11.9 Å². The van der Waals surface area contributed by atoms with Gasteiger partial charge in [0.05, 0.1) is 12.7 Å². The molecule has 0 fully saturated rings. The van der Waals surface area contributed by atoms with E-state index in [2.05, 4.69) is 10.6 Å². The first kappa shape index (κ1) is 15.8. The molecule has 0 saturated heterocycles. The number of rotatable bonds is 5. The molecule has 2 N–H and O–H groups in total. The molecule has 0 saturated carbocycles. The molecule has 1 aromatic carbocycles. The van der Waals surface area contributed by atoms with Crippen molar-refractivity contribution in [1.82, 2.24) is 10.2 Å². The van der Waals surface area contributed by atoms with Crippen molar-refractivity contribution in [3.63, 3.8) is 0 Å². The molecule has 0 bridgehead atoms. The maximum absolute atomic E-state index is 12.0. The summed E-state index contributed by atoms with van der Waals surface area (Å²) in [5.41, 5.74) is 0.939. The van der Waals surface area contributed by atoms with Gasteiger partial charge in [0.1, 0.15) is 5.75 Å². The molecule has 3 amide bonds. The average Bonchev–Trinajstić information content (AvgIpc) is 2.47. The standard InChI is InChI=1S/C14H21N3O3/c1-5-17(6-2)14(19)16-10-7-8-12(20-4)11(9-10)13(18)15-3/h7-9H,5-6H2,1-4H3,(H,15,18)(H,16,19). The Hall–Kier alpha value is -2.24. The van der Waals surface area contributed by atoms with Gasteiger partial charge in [-0.2, -0.15) is 0 Å². The van der Waals surface area contributed by atoms with Crippen molar-refractivity contribution < 1.29 is 14.3 Å². The zero-order valence-corrected chi connectivity index (χ0v) is 12.3. The van der Waals surface area contributed by atoms with E-state index in [9.17, 15) is 9.59 Å². The second-order valence-corrected chi connectivity index (χ2v) is 4.10. The normalized spacial score (nSPS) is 9.80. The van der Waals surface area contributed by atoms with Crippen molar-refractivity contribution in [2.75, 3.05) is 32.6 Å². The molecule has 0 spiro atoms. The number of anilines is 1. The highest BCUT2D eigenvalue weighted by atomic mass is 16.5. The summed E-state index contributed by atoms with van der Waals surface area (Å²) in [5.74, 6) is 0.200. The molecule has 6 nitrogen and oxygen atoms in total. The summed E-state index contributed by atoms with van der Waals surface area (Å²) in [5, 5.41) is 5.31. The highest BCUT2D eigenvalue weighted by Gasteiger charge is 2.14. The van der Waals surface area contributed by atoms with Crippen molar-refractivity contribution in [2.45, 2.75) is 13.8 Å². The molecule has 20 heavy (non-hydrogen) atoms. The van der Waals surface area contributed by atoms with Gasteiger partial charge in [-0.25, -0.2) is 4.79 Å². The summed E-state index contributed by atoms with van der Waals surface area (Å²) in [6.07, 6.45) is 0. The van der Waals surface area contributed by atoms with Crippen molar-refractivity contribution in [3.05, 3.63) is 23.8 Å². The first-order valence-corrected chi connectivity index (χ1v) is 6.53. The Morgan fingerprint density at radius 2 is 1.90 bits per heavy atom. The van der Waals surface area contributed by atoms with Crippen molar-refractivity contribution >= 4 is 17.6 Å². The molecule has 0 aliphatic heterocycles. The summed E-state index contributed by atoms with van der Waals surface area (Å²) >= 11 is 0. The van der Waals surface area contributed by atoms with Crippen molar-refractivity contribution in [1.29, 1.82) is 0 Å². The van der Waals surface area contributed by atoms with Gasteiger partial charge < -0.3 is 20.3 Å². The minimum Gasteiger partial charge on any atom is -0.496 e. The Bertz CT molecular complexity index is 485. The van der Waals surface area contributed by atoms with E-state index >= 15 is 0 Å². The maximum atomic E-state index is 12.0. The second kappa shape index (κ2) is 7.37. The Morgan fingerprint density at radius 1 is 1.25 bits per heavy atom. The van der Waals surface area contributed by atoms with Crippen LogP contribution in [0.5, 0.6) is 5.75 Å². The molecule has 1 aromatic rings. The Kier molecular flexibility index (Phi) is 5.83. The van der Waals surface area contributed by atoms with E-state index in [0.29, 0.717) is 30.1 Å². The van der Waals surface area contributed by atoms with Gasteiger partial charge >= 0.3 is 6.03 Å². The van der Waals surface area contributed by atoms with Crippen LogP contribution in [-0.2, 0) is 0 Å². The molecule has 0 aliphatic carbocycles. The highest BCUT2D eigenvalue weighted by Crippen LogP contribution is 2.22. The molecule has 6 heteroatoms. The summed E-state index contributed by atoms with van der Waals surface area (Å²) in [7, 11) is 3.04. The smallest absolute Gasteiger partial charge is 0.321 e. The minimum atomic E-state index is -0.263. The monoisotopic (exact) mass is 279 g/mol. The van der Waals surface area contributed by atoms with Gasteiger partial charge in [0.2, 0.25) is 0 Å². The number of benzene rings is 1. The zero-order chi connectivity index (χ0) is 15.1. The Balaban J connectivity index is 2.97. The lowest BCUT2D eigenvalue weighted by atomic mass is 10.1. The van der Waals surface area contributed by atoms with Crippen LogP contribution in [0.4, 0.5) is 10.5 Å². The molecule has 0 atom stereocenters. The Morgan fingerprint density at radius 3 is 2.40 bits per heavy atom. The first-order chi connectivity index (χ1) is 9.57. The van der Waals surface area contributed by atoms with Crippen molar-refractivity contribution in [3.8, 4) is 5.75 Å². The van der Waals surface area contributed by atoms with Crippen LogP contribution in [0.15, 0.2) is 18.2 Å². The number of carbonyl (C=O) groups is 2. The van der Waals surface area contributed by atoms with Gasteiger partial charge in [0.15, 0.2) is 0 Å². The van der Waals surface area contributed by atoms with Crippen LogP contribution in [0.1, 0.15) is 24.2 Å². The number of hydrogen-bond acceptors (Lipinski definition) is 3. The number of nitrogens with zero attached hydrogens (tertiary/aromatic N) is 1. The van der Waals surface area contributed by atoms with Gasteiger partial charge in [-0.15, -0.1) is 0 Å². The van der Waals surface area contributed by atoms with Crippen LogP contribution >= 0.6 is 0 Å². The van der Waals surface area contributed by atoms with Gasteiger partial charge in [0, 0.05) is 25.8 Å². The Labute approximate surface area is 119 Å². The lowest BCUT2D eigenvalue weighted by molar-refractivity contribution is 0.0960. The average molecular weight is 279 g/mol. The number of carbonyl (C=O) groups excluding carboxylic acids is 2. The van der Waals surface area contributed by atoms with Crippen LogP contribution in [0.2, 0.25) is 0 Å². The zero-order valence-electron chi connectivity index (χ0n) is 12.3. The number of amides is 3. The molecular formula is C14H21N3O3. The fourth-order valence-corrected chi connectivity index (χ4v) is 1.81. The summed E-state index contributed by atoms with van der Waals surface area (Å²) in [4.78, 5) is 25.4. The van der Waals surface area contributed by atoms with E-state index in [1.807, 2.05) is 13.8 Å². The van der Waals surface area contributed by atoms with Crippen LogP contribution in [0.25, 0.3) is 0 Å². The van der Waals surface area contributed by atoms with Crippen molar-refractivity contribution in [2.24, 2.45) is 0 Å². The molecule has 0 heterocycles. The van der Waals surface area contributed by atoms with Gasteiger partial charge in [-0.05, 0) is 32.0 Å². The third-order valence-corrected chi connectivity index (χ3v) is 2.97. The molecule has 0 aromatic heterocycles. The van der Waals surface area contributed by atoms with E-state index in [1.54, 1.807) is 30.1 Å². The minimum absolute atomic E-state index is 0.192. The number of methoxy groups -OCH3 is 1. The molecule has 110 valence electrons. The summed E-state index contributed by atoms with van der Waals surface area (Å²) in [6, 6.07) is 4.76. The number of nitrogens with one attached hydrogen (secondary N) is 2. The highest BCUT2D eigenvalue weighted by molar-refractivity contribution is 5.99. The SMILES string of the molecule is CCN(CC)C(=O)Nc1ccc(OC)c(C(=O)NC)c1. The quantitative estimate of drug-likeness (QED) is 0.865. The largest absolute Gasteiger partial charge is 0.496 e. The molecular weight excluding hydrogens is 258 g/mol. The van der Waals surface area contributed by atoms with E-state index in [1.165, 1.54) is 7.11 Å². The molecule has 0 aliphatic rings. The summed E-state index contributed by atoms with van der Waals surface area (Å²) in [6.45, 7) is 5.07. The van der Waals surface area contributed by atoms with Crippen LogP contribution < -0.4 is 15.4 Å². The topological polar surface area (TPSA) is 70.7 Å². The van der Waals surface area contributed by atoms with E-state index < -0.39 is 0 Å². The van der Waals surface area contributed by atoms with E-state index in [0.717, 1.165) is 0 Å². The van der Waals surface area contributed by atoms with Gasteiger partial charge in [-0.1, -0.05) is 0 Å². The van der Waals surface area contributed by atoms with E-state index in [4.69, 9.17) is 4.74 Å². The second-order valence-electron chi connectivity index (χ2n) is 4.10. The fraction of sp³-hybridized carbons (Fsp3) is 0.429. The third kappa shape index (κ3) is 3.63. The predicted molar refractivity (Wildman–Crippen MR) is 78.3 cm³/mol. The first-order valence-electron chi connectivity index (χ1n) is 6.53. The van der Waals surface area contributed by atoms with Gasteiger partial charge in [0.25, 0.3) is 5.91 Å². The lowest BCUT2D eigenvalue weighted by Crippen LogP contribution is -2.34. The molecule has 0 radical (unpaired) electrons. The number of hydrogen-bond donors (Lipinski definition) is 2. The molecule has 1 rings (SSSR count). The van der Waals surface area contributed by atoms with Crippen LogP contribution in [-0.4, -0.2) is 44.1 Å². The molecule has 0 unspecified atom stereocenters. The number of urea groups is 1.